The highest BCUT2D eigenvalue weighted by Crippen LogP contribution is 2.25. The first-order valence-corrected chi connectivity index (χ1v) is 8.94. The Bertz CT molecular complexity index is 1170. The summed E-state index contributed by atoms with van der Waals surface area (Å²) in [4.78, 5) is 30.3. The Balaban J connectivity index is 1.97. The number of nitrogens with one attached hydrogen (secondary N) is 1. The van der Waals surface area contributed by atoms with Crippen LogP contribution in [0.4, 0.5) is 5.95 Å². The fourth-order valence-corrected chi connectivity index (χ4v) is 3.39. The van der Waals surface area contributed by atoms with Crippen LogP contribution in [-0.4, -0.2) is 24.4 Å². The fourth-order valence-electron chi connectivity index (χ4n) is 3.13. The zero-order valence-electron chi connectivity index (χ0n) is 14.5. The minimum Gasteiger partial charge on any atom is -0.294 e. The fraction of sp³-hybridized carbons (Fsp3) is 0.294. The first-order chi connectivity index (χ1) is 12.4. The number of halogens is 1. The third-order valence-corrected chi connectivity index (χ3v) is 5.28. The Morgan fingerprint density at radius 3 is 2.62 bits per heavy atom. The Morgan fingerprint density at radius 2 is 1.92 bits per heavy atom. The Hall–Kier alpha value is -2.68. The van der Waals surface area contributed by atoms with Gasteiger partial charge < -0.3 is 0 Å². The standard InChI is InChI=1S/C17H17BrN6O2/c1-9-10(2)24-13-14(19-16(24)21-20-9)22(3)17(26)23(15(13)25)8-11-4-6-12(18)7-5-11/h4-7,10H,8H2,1-3H3,(H,19,21). The Kier molecular flexibility index (Phi) is 3.83. The molecule has 134 valence electrons. The SMILES string of the molecule is CC1=NNc2nc3c(c(=O)n(Cc4ccc(Br)cc4)c(=O)n3C)n2C1C. The van der Waals surface area contributed by atoms with Crippen molar-refractivity contribution in [1.82, 2.24) is 18.7 Å². The molecule has 3 aromatic rings. The smallest absolute Gasteiger partial charge is 0.294 e. The van der Waals surface area contributed by atoms with E-state index in [0.29, 0.717) is 17.1 Å². The van der Waals surface area contributed by atoms with Gasteiger partial charge in [-0.1, -0.05) is 28.1 Å². The van der Waals surface area contributed by atoms with Gasteiger partial charge in [0.05, 0.1) is 18.3 Å². The average Bonchev–Trinajstić information content (AvgIpc) is 3.02. The van der Waals surface area contributed by atoms with E-state index >= 15 is 0 Å². The van der Waals surface area contributed by atoms with E-state index in [9.17, 15) is 9.59 Å². The highest BCUT2D eigenvalue weighted by Gasteiger charge is 2.26. The number of hydrazone groups is 1. The largest absolute Gasteiger partial charge is 0.332 e. The molecule has 1 N–H and O–H groups in total. The topological polar surface area (TPSA) is 86.2 Å². The molecular weight excluding hydrogens is 400 g/mol. The average molecular weight is 417 g/mol. The molecule has 4 rings (SSSR count). The number of aryl methyl sites for hydroxylation is 1. The number of anilines is 1. The quantitative estimate of drug-likeness (QED) is 0.692. The lowest BCUT2D eigenvalue weighted by molar-refractivity contribution is 0.645. The van der Waals surface area contributed by atoms with Gasteiger partial charge in [0.2, 0.25) is 5.95 Å². The van der Waals surface area contributed by atoms with Crippen LogP contribution < -0.4 is 16.7 Å². The van der Waals surface area contributed by atoms with Gasteiger partial charge >= 0.3 is 5.69 Å². The highest BCUT2D eigenvalue weighted by molar-refractivity contribution is 9.10. The molecule has 8 nitrogen and oxygen atoms in total. The summed E-state index contributed by atoms with van der Waals surface area (Å²) in [6, 6.07) is 7.41. The Labute approximate surface area is 156 Å². The molecule has 0 aliphatic carbocycles. The van der Waals surface area contributed by atoms with Crippen molar-refractivity contribution in [2.75, 3.05) is 5.43 Å². The number of aromatic nitrogens is 4. The van der Waals surface area contributed by atoms with Gasteiger partial charge in [-0.25, -0.2) is 10.2 Å². The van der Waals surface area contributed by atoms with Crippen LogP contribution in [-0.2, 0) is 13.6 Å². The van der Waals surface area contributed by atoms with Crippen molar-refractivity contribution >= 4 is 38.8 Å². The minimum absolute atomic E-state index is 0.123. The molecule has 3 heterocycles. The number of hydrogen-bond acceptors (Lipinski definition) is 5. The molecule has 1 atom stereocenters. The molecule has 26 heavy (non-hydrogen) atoms. The maximum absolute atomic E-state index is 13.2. The molecule has 2 aromatic heterocycles. The summed E-state index contributed by atoms with van der Waals surface area (Å²) in [5.74, 6) is 0.464. The second-order valence-electron chi connectivity index (χ2n) is 6.38. The van der Waals surface area contributed by atoms with Crippen molar-refractivity contribution in [2.24, 2.45) is 12.1 Å². The van der Waals surface area contributed by atoms with E-state index in [-0.39, 0.29) is 18.1 Å². The summed E-state index contributed by atoms with van der Waals surface area (Å²) in [6.45, 7) is 4.03. The van der Waals surface area contributed by atoms with Crippen LogP contribution >= 0.6 is 15.9 Å². The lowest BCUT2D eigenvalue weighted by Gasteiger charge is -2.21. The molecule has 1 aliphatic heterocycles. The van der Waals surface area contributed by atoms with Crippen LogP contribution in [0.25, 0.3) is 11.2 Å². The summed E-state index contributed by atoms with van der Waals surface area (Å²) in [6.07, 6.45) is 0. The predicted octanol–water partition coefficient (Wildman–Crippen LogP) is 2.07. The molecule has 0 saturated carbocycles. The second-order valence-corrected chi connectivity index (χ2v) is 7.29. The van der Waals surface area contributed by atoms with Gasteiger partial charge in [0, 0.05) is 11.5 Å². The summed E-state index contributed by atoms with van der Waals surface area (Å²) in [5.41, 5.74) is 4.56. The van der Waals surface area contributed by atoms with E-state index in [4.69, 9.17) is 0 Å². The number of imidazole rings is 1. The van der Waals surface area contributed by atoms with Crippen LogP contribution in [0.15, 0.2) is 43.4 Å². The zero-order valence-corrected chi connectivity index (χ0v) is 16.1. The molecule has 0 fully saturated rings. The van der Waals surface area contributed by atoms with Gasteiger partial charge in [0.25, 0.3) is 5.56 Å². The third kappa shape index (κ3) is 2.42. The van der Waals surface area contributed by atoms with Crippen molar-refractivity contribution in [3.8, 4) is 0 Å². The van der Waals surface area contributed by atoms with Crippen molar-refractivity contribution in [3.63, 3.8) is 0 Å². The number of rotatable bonds is 2. The molecule has 9 heteroatoms. The van der Waals surface area contributed by atoms with E-state index in [1.54, 1.807) is 11.6 Å². The zero-order chi connectivity index (χ0) is 18.6. The van der Waals surface area contributed by atoms with Crippen molar-refractivity contribution < 1.29 is 0 Å². The maximum atomic E-state index is 13.2. The molecule has 0 amide bonds. The first kappa shape index (κ1) is 16.8. The molecule has 0 radical (unpaired) electrons. The number of nitrogens with zero attached hydrogens (tertiary/aromatic N) is 5. The molecule has 1 aromatic carbocycles. The summed E-state index contributed by atoms with van der Waals surface area (Å²) < 4.78 is 5.40. The summed E-state index contributed by atoms with van der Waals surface area (Å²) in [5, 5.41) is 4.21. The maximum Gasteiger partial charge on any atom is 0.332 e. The van der Waals surface area contributed by atoms with E-state index < -0.39 is 5.69 Å². The molecule has 0 bridgehead atoms. The lowest BCUT2D eigenvalue weighted by Crippen LogP contribution is -2.40. The summed E-state index contributed by atoms with van der Waals surface area (Å²) in [7, 11) is 1.62. The van der Waals surface area contributed by atoms with Crippen LogP contribution in [0.3, 0.4) is 0 Å². The normalized spacial score (nSPS) is 16.3. The van der Waals surface area contributed by atoms with Crippen molar-refractivity contribution in [1.29, 1.82) is 0 Å². The van der Waals surface area contributed by atoms with Gasteiger partial charge in [-0.2, -0.15) is 10.1 Å². The monoisotopic (exact) mass is 416 g/mol. The van der Waals surface area contributed by atoms with Gasteiger partial charge in [0.1, 0.15) is 0 Å². The summed E-state index contributed by atoms with van der Waals surface area (Å²) >= 11 is 3.39. The number of hydrogen-bond donors (Lipinski definition) is 1. The second kappa shape index (κ2) is 5.94. The molecule has 1 aliphatic rings. The number of benzene rings is 1. The Morgan fingerprint density at radius 1 is 1.23 bits per heavy atom. The molecule has 0 saturated heterocycles. The van der Waals surface area contributed by atoms with Crippen LogP contribution in [0.1, 0.15) is 25.5 Å². The van der Waals surface area contributed by atoms with E-state index in [1.807, 2.05) is 38.1 Å². The highest BCUT2D eigenvalue weighted by atomic mass is 79.9. The van der Waals surface area contributed by atoms with E-state index in [0.717, 1.165) is 15.7 Å². The lowest BCUT2D eigenvalue weighted by atomic mass is 10.2. The van der Waals surface area contributed by atoms with E-state index in [1.165, 1.54) is 9.13 Å². The third-order valence-electron chi connectivity index (χ3n) is 4.75. The van der Waals surface area contributed by atoms with Crippen LogP contribution in [0, 0.1) is 0 Å². The van der Waals surface area contributed by atoms with Crippen molar-refractivity contribution in [2.45, 2.75) is 26.4 Å². The van der Waals surface area contributed by atoms with Gasteiger partial charge in [-0.15, -0.1) is 0 Å². The minimum atomic E-state index is -0.397. The van der Waals surface area contributed by atoms with E-state index in [2.05, 4.69) is 31.4 Å². The molecule has 0 spiro atoms. The van der Waals surface area contributed by atoms with Gasteiger partial charge in [-0.3, -0.25) is 18.5 Å². The molecule has 1 unspecified atom stereocenters. The van der Waals surface area contributed by atoms with Crippen molar-refractivity contribution in [3.05, 3.63) is 55.1 Å². The predicted molar refractivity (Wildman–Crippen MR) is 104 cm³/mol. The molecular formula is C17H17BrN6O2. The van der Waals surface area contributed by atoms with Gasteiger partial charge in [0.15, 0.2) is 11.2 Å². The van der Waals surface area contributed by atoms with Crippen LogP contribution in [0.2, 0.25) is 0 Å². The van der Waals surface area contributed by atoms with Crippen LogP contribution in [0.5, 0.6) is 0 Å². The first-order valence-electron chi connectivity index (χ1n) is 8.15. The number of fused-ring (bicyclic) bond motifs is 3. The van der Waals surface area contributed by atoms with Gasteiger partial charge in [-0.05, 0) is 31.5 Å².